The van der Waals surface area contributed by atoms with Gasteiger partial charge in [-0.05, 0) is 29.7 Å². The molecule has 2 aromatic rings. The van der Waals surface area contributed by atoms with Gasteiger partial charge in [-0.25, -0.2) is 0 Å². The van der Waals surface area contributed by atoms with Gasteiger partial charge in [0.05, 0.1) is 0 Å². The Morgan fingerprint density at radius 1 is 1.00 bits per heavy atom. The molecule has 0 fully saturated rings. The predicted molar refractivity (Wildman–Crippen MR) is 78.8 cm³/mol. The molecule has 0 saturated carbocycles. The topological polar surface area (TPSA) is 37.3 Å². The van der Waals surface area contributed by atoms with Gasteiger partial charge in [0.25, 0.3) is 0 Å². The fourth-order valence-electron chi connectivity index (χ4n) is 2.19. The number of rotatable bonds is 5. The molecular formula is C16H16O2S. The summed E-state index contributed by atoms with van der Waals surface area (Å²) in [6, 6.07) is 17.9. The summed E-state index contributed by atoms with van der Waals surface area (Å²) >= 11 is 4.28. The van der Waals surface area contributed by atoms with Crippen LogP contribution in [-0.2, 0) is 4.79 Å². The van der Waals surface area contributed by atoms with Gasteiger partial charge in [0, 0.05) is 17.2 Å². The van der Waals surface area contributed by atoms with E-state index in [4.69, 9.17) is 5.11 Å². The minimum atomic E-state index is -0.758. The molecule has 0 amide bonds. The molecule has 0 saturated heterocycles. The molecule has 0 radical (unpaired) electrons. The number of hydrogen-bond acceptors (Lipinski definition) is 2. The SMILES string of the molecule is O=C(O)CCC(c1ccccc1)c1ccc(S)cc1. The lowest BCUT2D eigenvalue weighted by Gasteiger charge is -2.17. The first kappa shape index (κ1) is 13.7. The molecule has 0 aromatic heterocycles. The fourth-order valence-corrected chi connectivity index (χ4v) is 2.33. The summed E-state index contributed by atoms with van der Waals surface area (Å²) in [6.45, 7) is 0. The van der Waals surface area contributed by atoms with Crippen LogP contribution < -0.4 is 0 Å². The third kappa shape index (κ3) is 3.86. The Bertz CT molecular complexity index is 534. The molecule has 2 rings (SSSR count). The normalized spacial score (nSPS) is 12.1. The number of aliphatic carboxylic acids is 1. The van der Waals surface area contributed by atoms with Gasteiger partial charge in [-0.15, -0.1) is 12.6 Å². The highest BCUT2D eigenvalue weighted by Gasteiger charge is 2.15. The van der Waals surface area contributed by atoms with Gasteiger partial charge in [-0.2, -0.15) is 0 Å². The molecule has 1 N–H and O–H groups in total. The van der Waals surface area contributed by atoms with Gasteiger partial charge in [-0.3, -0.25) is 4.79 Å². The second-order valence-corrected chi connectivity index (χ2v) is 5.00. The molecule has 0 aliphatic carbocycles. The van der Waals surface area contributed by atoms with Crippen LogP contribution >= 0.6 is 12.6 Å². The van der Waals surface area contributed by atoms with E-state index in [9.17, 15) is 4.79 Å². The van der Waals surface area contributed by atoms with Crippen molar-refractivity contribution in [1.82, 2.24) is 0 Å². The minimum Gasteiger partial charge on any atom is -0.481 e. The standard InChI is InChI=1S/C16H16O2S/c17-16(18)11-10-15(12-4-2-1-3-5-12)13-6-8-14(19)9-7-13/h1-9,15,19H,10-11H2,(H,17,18). The Labute approximate surface area is 118 Å². The van der Waals surface area contributed by atoms with Crippen molar-refractivity contribution in [3.8, 4) is 0 Å². The van der Waals surface area contributed by atoms with E-state index in [0.29, 0.717) is 6.42 Å². The number of thiol groups is 1. The molecule has 98 valence electrons. The molecule has 2 nitrogen and oxygen atoms in total. The zero-order valence-corrected chi connectivity index (χ0v) is 11.4. The van der Waals surface area contributed by atoms with E-state index in [-0.39, 0.29) is 12.3 Å². The minimum absolute atomic E-state index is 0.117. The lowest BCUT2D eigenvalue weighted by molar-refractivity contribution is -0.137. The average Bonchev–Trinajstić information content (AvgIpc) is 2.42. The van der Waals surface area contributed by atoms with E-state index in [1.807, 2.05) is 54.6 Å². The summed E-state index contributed by atoms with van der Waals surface area (Å²) in [7, 11) is 0. The lowest BCUT2D eigenvalue weighted by Crippen LogP contribution is -2.05. The Balaban J connectivity index is 2.28. The number of hydrogen-bond donors (Lipinski definition) is 2. The van der Waals surface area contributed by atoms with Crippen molar-refractivity contribution in [3.05, 3.63) is 65.7 Å². The molecule has 0 spiro atoms. The first-order valence-corrected chi connectivity index (χ1v) is 6.67. The first-order valence-electron chi connectivity index (χ1n) is 6.22. The van der Waals surface area contributed by atoms with Gasteiger partial charge in [0.15, 0.2) is 0 Å². The Morgan fingerprint density at radius 3 is 2.16 bits per heavy atom. The Morgan fingerprint density at radius 2 is 1.58 bits per heavy atom. The van der Waals surface area contributed by atoms with E-state index in [1.165, 1.54) is 0 Å². The first-order chi connectivity index (χ1) is 9.16. The van der Waals surface area contributed by atoms with Crippen LogP contribution in [0, 0.1) is 0 Å². The van der Waals surface area contributed by atoms with Crippen LogP contribution in [-0.4, -0.2) is 11.1 Å². The van der Waals surface area contributed by atoms with E-state index < -0.39 is 5.97 Å². The smallest absolute Gasteiger partial charge is 0.303 e. The fraction of sp³-hybridized carbons (Fsp3) is 0.188. The van der Waals surface area contributed by atoms with Crippen LogP contribution in [0.3, 0.4) is 0 Å². The molecule has 0 heterocycles. The van der Waals surface area contributed by atoms with Crippen molar-refractivity contribution < 1.29 is 9.90 Å². The van der Waals surface area contributed by atoms with Crippen LogP contribution in [0.25, 0.3) is 0 Å². The molecular weight excluding hydrogens is 256 g/mol. The Kier molecular flexibility index (Phi) is 4.63. The highest BCUT2D eigenvalue weighted by atomic mass is 32.1. The predicted octanol–water partition coefficient (Wildman–Crippen LogP) is 3.97. The summed E-state index contributed by atoms with van der Waals surface area (Å²) < 4.78 is 0. The molecule has 1 atom stereocenters. The zero-order chi connectivity index (χ0) is 13.7. The summed E-state index contributed by atoms with van der Waals surface area (Å²) in [5.41, 5.74) is 2.28. The lowest BCUT2D eigenvalue weighted by atomic mass is 9.87. The van der Waals surface area contributed by atoms with Crippen LogP contribution in [0.4, 0.5) is 0 Å². The van der Waals surface area contributed by atoms with E-state index in [2.05, 4.69) is 12.6 Å². The van der Waals surface area contributed by atoms with Crippen LogP contribution in [0.1, 0.15) is 29.9 Å². The summed E-state index contributed by atoms with van der Waals surface area (Å²) in [4.78, 5) is 11.7. The van der Waals surface area contributed by atoms with Crippen LogP contribution in [0.15, 0.2) is 59.5 Å². The van der Waals surface area contributed by atoms with Crippen molar-refractivity contribution in [1.29, 1.82) is 0 Å². The molecule has 19 heavy (non-hydrogen) atoms. The molecule has 0 aliphatic rings. The quantitative estimate of drug-likeness (QED) is 0.808. The van der Waals surface area contributed by atoms with Gasteiger partial charge in [0.2, 0.25) is 0 Å². The third-order valence-electron chi connectivity index (χ3n) is 3.14. The maximum Gasteiger partial charge on any atom is 0.303 e. The summed E-state index contributed by atoms with van der Waals surface area (Å²) in [6.07, 6.45) is 0.771. The maximum absolute atomic E-state index is 10.8. The molecule has 3 heteroatoms. The van der Waals surface area contributed by atoms with Crippen LogP contribution in [0.5, 0.6) is 0 Å². The van der Waals surface area contributed by atoms with Crippen LogP contribution in [0.2, 0.25) is 0 Å². The second-order valence-electron chi connectivity index (χ2n) is 4.49. The number of carbonyl (C=O) groups is 1. The van der Waals surface area contributed by atoms with E-state index in [1.54, 1.807) is 0 Å². The van der Waals surface area contributed by atoms with Crippen molar-refractivity contribution in [2.24, 2.45) is 0 Å². The maximum atomic E-state index is 10.8. The summed E-state index contributed by atoms with van der Waals surface area (Å²) in [5, 5.41) is 8.89. The van der Waals surface area contributed by atoms with Crippen molar-refractivity contribution >= 4 is 18.6 Å². The molecule has 2 aromatic carbocycles. The second kappa shape index (κ2) is 6.43. The van der Waals surface area contributed by atoms with E-state index in [0.717, 1.165) is 16.0 Å². The van der Waals surface area contributed by atoms with Gasteiger partial charge >= 0.3 is 5.97 Å². The zero-order valence-electron chi connectivity index (χ0n) is 10.5. The molecule has 0 bridgehead atoms. The number of carboxylic acids is 1. The monoisotopic (exact) mass is 272 g/mol. The van der Waals surface area contributed by atoms with Crippen molar-refractivity contribution in [2.75, 3.05) is 0 Å². The highest BCUT2D eigenvalue weighted by Crippen LogP contribution is 2.29. The van der Waals surface area contributed by atoms with Gasteiger partial charge < -0.3 is 5.11 Å². The van der Waals surface area contributed by atoms with Crippen molar-refractivity contribution in [3.63, 3.8) is 0 Å². The highest BCUT2D eigenvalue weighted by molar-refractivity contribution is 7.80. The molecule has 1 unspecified atom stereocenters. The summed E-state index contributed by atoms with van der Waals surface area (Å²) in [5.74, 6) is -0.641. The molecule has 0 aliphatic heterocycles. The van der Waals surface area contributed by atoms with Crippen molar-refractivity contribution in [2.45, 2.75) is 23.7 Å². The number of carboxylic acid groups (broad SMARTS) is 1. The number of benzene rings is 2. The van der Waals surface area contributed by atoms with E-state index >= 15 is 0 Å². The largest absolute Gasteiger partial charge is 0.481 e. The van der Waals surface area contributed by atoms with Gasteiger partial charge in [-0.1, -0.05) is 42.5 Å². The third-order valence-corrected chi connectivity index (χ3v) is 3.44. The van der Waals surface area contributed by atoms with Gasteiger partial charge in [0.1, 0.15) is 0 Å². The Hall–Kier alpha value is -1.74. The average molecular weight is 272 g/mol.